The number of rotatable bonds is 24. The van der Waals surface area contributed by atoms with E-state index in [2.05, 4.69) is 5.32 Å². The molecule has 0 aliphatic carbocycles. The van der Waals surface area contributed by atoms with Gasteiger partial charge in [-0.15, -0.1) is 0 Å². The van der Waals surface area contributed by atoms with Crippen molar-refractivity contribution in [1.29, 1.82) is 0 Å². The second kappa shape index (κ2) is 21.7. The number of methoxy groups -OCH3 is 1. The number of halogens is 17. The fourth-order valence-corrected chi connectivity index (χ4v) is 11.3. The second-order valence-electron chi connectivity index (χ2n) is 16.2. The van der Waals surface area contributed by atoms with Crippen LogP contribution < -0.4 is 14.8 Å². The predicted molar refractivity (Wildman–Crippen MR) is 214 cm³/mol. The quantitative estimate of drug-likeness (QED) is 0.0368. The van der Waals surface area contributed by atoms with E-state index < -0.39 is 117 Å². The van der Waals surface area contributed by atoms with Crippen LogP contribution in [-0.4, -0.2) is 94.9 Å². The molecule has 0 aliphatic rings. The van der Waals surface area contributed by atoms with Crippen molar-refractivity contribution in [3.63, 3.8) is 0 Å². The molecule has 1 N–H and O–H groups in total. The van der Waals surface area contributed by atoms with Gasteiger partial charge in [-0.1, -0.05) is 52.3 Å². The lowest BCUT2D eigenvalue weighted by Gasteiger charge is -2.44. The number of carbonyl (C=O) groups is 2. The maximum atomic E-state index is 15.0. The van der Waals surface area contributed by atoms with E-state index in [9.17, 15) is 75.4 Å². The standard InChI is InChI=1S/C42H50F17NO7Si/c1-10-64-33(61)27(8)25(6)26(7)32(67-34(62)60-29-13-17-30(63-9)18-14-29)28-11-15-31(16-12-28)65-20-21-66-68(23(2)3,24(4)5)22-19-35(43,44)36(45,46)37(47,48)38(49,50)39(51,52)40(53,54)41(55,56)42(57,58)59/h11-18,23-24,26,32H,10,19-22H2,1-9H3,(H,60,62)/b27-25+/t26-,32+/m0/s1. The summed E-state index contributed by atoms with van der Waals surface area (Å²) in [5.74, 6) is -57.5. The molecule has 0 spiro atoms. The van der Waals surface area contributed by atoms with Crippen LogP contribution >= 0.6 is 0 Å². The summed E-state index contributed by atoms with van der Waals surface area (Å²) in [5.41, 5.74) is -0.326. The van der Waals surface area contributed by atoms with Gasteiger partial charge in [0.25, 0.3) is 0 Å². The molecule has 0 radical (unpaired) electrons. The number of hydrogen-bond donors (Lipinski definition) is 1. The van der Waals surface area contributed by atoms with Gasteiger partial charge in [-0.2, -0.15) is 74.6 Å². The highest BCUT2D eigenvalue weighted by molar-refractivity contribution is 6.76. The Balaban J connectivity index is 2.35. The predicted octanol–water partition coefficient (Wildman–Crippen LogP) is 14.1. The Kier molecular flexibility index (Phi) is 19.0. The topological polar surface area (TPSA) is 92.3 Å². The highest BCUT2D eigenvalue weighted by atomic mass is 28.4. The van der Waals surface area contributed by atoms with Crippen LogP contribution in [0.25, 0.3) is 0 Å². The zero-order chi connectivity index (χ0) is 52.9. The van der Waals surface area contributed by atoms with E-state index in [0.29, 0.717) is 22.6 Å². The lowest BCUT2D eigenvalue weighted by molar-refractivity contribution is -0.461. The monoisotopic (exact) mass is 1030 g/mol. The number of anilines is 1. The molecule has 2 aromatic rings. The number of carbonyl (C=O) groups excluding carboxylic acids is 2. The zero-order valence-corrected chi connectivity index (χ0v) is 38.7. The first-order chi connectivity index (χ1) is 30.8. The molecule has 0 aliphatic heterocycles. The molecule has 26 heteroatoms. The van der Waals surface area contributed by atoms with Crippen molar-refractivity contribution in [2.75, 3.05) is 32.2 Å². The van der Waals surface area contributed by atoms with E-state index in [1.54, 1.807) is 45.0 Å². The summed E-state index contributed by atoms with van der Waals surface area (Å²) in [7, 11) is -2.58. The molecule has 0 unspecified atom stereocenters. The third-order valence-electron chi connectivity index (χ3n) is 11.4. The van der Waals surface area contributed by atoms with Gasteiger partial charge in [-0.3, -0.25) is 5.32 Å². The third kappa shape index (κ3) is 11.7. The van der Waals surface area contributed by atoms with E-state index >= 15 is 8.78 Å². The first-order valence-electron chi connectivity index (χ1n) is 20.3. The number of esters is 1. The van der Waals surface area contributed by atoms with E-state index in [1.165, 1.54) is 66.0 Å². The lowest BCUT2D eigenvalue weighted by atomic mass is 9.88. The molecule has 0 saturated heterocycles. The van der Waals surface area contributed by atoms with E-state index in [1.807, 2.05) is 0 Å². The van der Waals surface area contributed by atoms with Crippen LogP contribution in [0.1, 0.15) is 73.5 Å². The summed E-state index contributed by atoms with van der Waals surface area (Å²) in [6.07, 6.45) is -12.4. The fraction of sp³-hybridized carbons (Fsp3) is 0.619. The van der Waals surface area contributed by atoms with E-state index in [4.69, 9.17) is 23.4 Å². The van der Waals surface area contributed by atoms with Gasteiger partial charge in [0.15, 0.2) is 8.32 Å². The van der Waals surface area contributed by atoms with Crippen molar-refractivity contribution in [3.05, 3.63) is 65.2 Å². The zero-order valence-electron chi connectivity index (χ0n) is 37.7. The fourth-order valence-electron chi connectivity index (χ4n) is 6.86. The maximum absolute atomic E-state index is 15.0. The number of ether oxygens (including phenoxy) is 4. The normalized spacial score (nSPS) is 15.2. The second-order valence-corrected chi connectivity index (χ2v) is 21.2. The van der Waals surface area contributed by atoms with Crippen molar-refractivity contribution >= 4 is 26.1 Å². The number of alkyl halides is 17. The highest BCUT2D eigenvalue weighted by Gasteiger charge is 2.95. The number of nitrogens with one attached hydrogen (secondary N) is 1. The van der Waals surface area contributed by atoms with Gasteiger partial charge < -0.3 is 23.4 Å². The first-order valence-corrected chi connectivity index (χ1v) is 22.6. The van der Waals surface area contributed by atoms with Crippen LogP contribution in [-0.2, 0) is 18.7 Å². The molecule has 8 nitrogen and oxygen atoms in total. The summed E-state index contributed by atoms with van der Waals surface area (Å²) < 4.78 is 264. The van der Waals surface area contributed by atoms with Gasteiger partial charge in [0.05, 0.1) is 20.3 Å². The number of amides is 1. The Morgan fingerprint density at radius 2 is 1.09 bits per heavy atom. The van der Waals surface area contributed by atoms with Crippen LogP contribution in [0.15, 0.2) is 59.7 Å². The van der Waals surface area contributed by atoms with Gasteiger partial charge in [0.1, 0.15) is 24.2 Å². The summed E-state index contributed by atoms with van der Waals surface area (Å²) in [6.45, 7) is 10.8. The number of hydrogen-bond acceptors (Lipinski definition) is 7. The average Bonchev–Trinajstić information content (AvgIpc) is 3.24. The van der Waals surface area contributed by atoms with Gasteiger partial charge in [0.2, 0.25) is 0 Å². The van der Waals surface area contributed by atoms with Crippen LogP contribution in [0.4, 0.5) is 85.1 Å². The van der Waals surface area contributed by atoms with Gasteiger partial charge in [0, 0.05) is 23.6 Å². The molecule has 0 fully saturated rings. The van der Waals surface area contributed by atoms with Gasteiger partial charge >= 0.3 is 59.7 Å². The molecule has 1 amide bonds. The maximum Gasteiger partial charge on any atom is 0.460 e. The van der Waals surface area contributed by atoms with Crippen molar-refractivity contribution < 1.29 is 108 Å². The van der Waals surface area contributed by atoms with E-state index in [-0.39, 0.29) is 17.9 Å². The molecule has 2 aromatic carbocycles. The molecule has 0 heterocycles. The average molecular weight is 1030 g/mol. The Hall–Kier alpha value is -4.49. The summed E-state index contributed by atoms with van der Waals surface area (Å²) >= 11 is 0. The highest BCUT2D eigenvalue weighted by Crippen LogP contribution is 2.64. The summed E-state index contributed by atoms with van der Waals surface area (Å²) in [5, 5.41) is 2.58. The molecule has 388 valence electrons. The molecule has 68 heavy (non-hydrogen) atoms. The first kappa shape index (κ1) is 59.6. The molecule has 2 atom stereocenters. The van der Waals surface area contributed by atoms with Crippen LogP contribution in [0.3, 0.4) is 0 Å². The minimum absolute atomic E-state index is 0.0857. The third-order valence-corrected chi connectivity index (χ3v) is 17.1. The smallest absolute Gasteiger partial charge is 0.460 e. The van der Waals surface area contributed by atoms with Crippen molar-refractivity contribution in [2.45, 2.75) is 133 Å². The Morgan fingerprint density at radius 1 is 0.632 bits per heavy atom. The SMILES string of the molecule is CCOC(=O)/C(C)=C(\C)[C@H](C)[C@@H](OC(=O)Nc1ccc(OC)cc1)c1ccc(OCCO[Si](CCC(F)(F)C(F)(F)C(F)(F)C(F)(F)C(F)(F)C(F)(F)C(F)(F)C(F)(F)F)(C(C)C)C(C)C)cc1. The Morgan fingerprint density at radius 3 is 1.53 bits per heavy atom. The minimum Gasteiger partial charge on any atom is -0.497 e. The molecule has 0 saturated carbocycles. The largest absolute Gasteiger partial charge is 0.497 e. The summed E-state index contributed by atoms with van der Waals surface area (Å²) in [4.78, 5) is 25.6. The van der Waals surface area contributed by atoms with Crippen molar-refractivity contribution in [1.82, 2.24) is 0 Å². The van der Waals surface area contributed by atoms with Crippen LogP contribution in [0.2, 0.25) is 17.1 Å². The Bertz CT molecular complexity index is 2020. The molecule has 0 aromatic heterocycles. The molecular weight excluding hydrogens is 982 g/mol. The molecule has 0 bridgehead atoms. The molecule has 2 rings (SSSR count). The summed E-state index contributed by atoms with van der Waals surface area (Å²) in [6, 6.07) is 10.7. The number of benzene rings is 2. The van der Waals surface area contributed by atoms with Gasteiger partial charge in [-0.05, 0) is 79.9 Å². The van der Waals surface area contributed by atoms with Gasteiger partial charge in [-0.25, -0.2) is 9.59 Å². The van der Waals surface area contributed by atoms with Crippen LogP contribution in [0.5, 0.6) is 11.5 Å². The van der Waals surface area contributed by atoms with Crippen molar-refractivity contribution in [2.24, 2.45) is 5.92 Å². The minimum atomic E-state index is -8.70. The van der Waals surface area contributed by atoms with E-state index in [0.717, 1.165) is 0 Å². The lowest BCUT2D eigenvalue weighted by Crippen LogP contribution is -2.74. The van der Waals surface area contributed by atoms with Crippen molar-refractivity contribution in [3.8, 4) is 11.5 Å². The van der Waals surface area contributed by atoms with Crippen LogP contribution in [0, 0.1) is 5.92 Å². The Labute approximate surface area is 381 Å². The molecular formula is C42H50F17NO7Si.